The van der Waals surface area contributed by atoms with Gasteiger partial charge >= 0.3 is 6.09 Å². The highest BCUT2D eigenvalue weighted by molar-refractivity contribution is 7.90. The predicted molar refractivity (Wildman–Crippen MR) is 65.6 cm³/mol. The summed E-state index contributed by atoms with van der Waals surface area (Å²) in [7, 11) is -3.13. The molecule has 1 heterocycles. The SMILES string of the molecule is CS(=O)(=O)CCOC(=O)N1CCC=C(C=NO)C1. The van der Waals surface area contributed by atoms with Gasteiger partial charge in [-0.15, -0.1) is 0 Å². The third kappa shape index (κ3) is 5.17. The van der Waals surface area contributed by atoms with Gasteiger partial charge in [-0.2, -0.15) is 0 Å². The van der Waals surface area contributed by atoms with E-state index >= 15 is 0 Å². The van der Waals surface area contributed by atoms with Crippen LogP contribution in [0.4, 0.5) is 4.79 Å². The Labute approximate surface area is 106 Å². The molecule has 8 heteroatoms. The lowest BCUT2D eigenvalue weighted by molar-refractivity contribution is 0.111. The maximum Gasteiger partial charge on any atom is 0.410 e. The molecule has 0 aromatic carbocycles. The molecule has 1 rings (SSSR count). The summed E-state index contributed by atoms with van der Waals surface area (Å²) < 4.78 is 26.6. The van der Waals surface area contributed by atoms with E-state index in [0.717, 1.165) is 6.26 Å². The zero-order chi connectivity index (χ0) is 13.6. The van der Waals surface area contributed by atoms with Gasteiger partial charge in [0.05, 0.1) is 18.5 Å². The first-order valence-electron chi connectivity index (χ1n) is 5.38. The molecule has 0 radical (unpaired) electrons. The molecule has 0 bridgehead atoms. The minimum atomic E-state index is -3.13. The van der Waals surface area contributed by atoms with Crippen molar-refractivity contribution in [2.24, 2.45) is 5.16 Å². The molecule has 0 saturated heterocycles. The van der Waals surface area contributed by atoms with Crippen LogP contribution in [0.1, 0.15) is 6.42 Å². The van der Waals surface area contributed by atoms with Gasteiger partial charge < -0.3 is 14.8 Å². The van der Waals surface area contributed by atoms with E-state index in [2.05, 4.69) is 5.16 Å². The fourth-order valence-corrected chi connectivity index (χ4v) is 1.85. The molecule has 0 aromatic rings. The molecule has 102 valence electrons. The van der Waals surface area contributed by atoms with Crippen molar-refractivity contribution in [3.63, 3.8) is 0 Å². The summed E-state index contributed by atoms with van der Waals surface area (Å²) in [5, 5.41) is 11.3. The lowest BCUT2D eigenvalue weighted by Gasteiger charge is -2.25. The zero-order valence-corrected chi connectivity index (χ0v) is 10.9. The van der Waals surface area contributed by atoms with Crippen LogP contribution in [-0.4, -0.2) is 62.5 Å². The fraction of sp³-hybridized carbons (Fsp3) is 0.600. The quantitative estimate of drug-likeness (QED) is 0.451. The second kappa shape index (κ2) is 6.39. The van der Waals surface area contributed by atoms with E-state index in [1.807, 2.05) is 6.08 Å². The molecular formula is C10H16N2O5S. The number of amides is 1. The topological polar surface area (TPSA) is 96.3 Å². The summed E-state index contributed by atoms with van der Waals surface area (Å²) >= 11 is 0. The Morgan fingerprint density at radius 2 is 2.39 bits per heavy atom. The van der Waals surface area contributed by atoms with E-state index in [0.29, 0.717) is 25.1 Å². The van der Waals surface area contributed by atoms with Crippen molar-refractivity contribution in [2.45, 2.75) is 6.42 Å². The van der Waals surface area contributed by atoms with Crippen molar-refractivity contribution in [3.05, 3.63) is 11.6 Å². The summed E-state index contributed by atoms with van der Waals surface area (Å²) in [5.41, 5.74) is 0.712. The third-order valence-corrected chi connectivity index (χ3v) is 3.25. The number of carbonyl (C=O) groups is 1. The van der Waals surface area contributed by atoms with Gasteiger partial charge in [0.2, 0.25) is 0 Å². The van der Waals surface area contributed by atoms with Gasteiger partial charge in [-0.1, -0.05) is 11.2 Å². The van der Waals surface area contributed by atoms with E-state index in [9.17, 15) is 13.2 Å². The van der Waals surface area contributed by atoms with Crippen LogP contribution in [0.5, 0.6) is 0 Å². The van der Waals surface area contributed by atoms with Crippen LogP contribution < -0.4 is 0 Å². The fourth-order valence-electron chi connectivity index (χ4n) is 1.46. The standard InChI is InChI=1S/C10H16N2O5S/c1-18(15,16)6-5-17-10(13)12-4-2-3-9(8-12)7-11-14/h3,7,14H,2,4-6,8H2,1H3. The maximum absolute atomic E-state index is 11.6. The summed E-state index contributed by atoms with van der Waals surface area (Å²) in [4.78, 5) is 13.0. The van der Waals surface area contributed by atoms with Crippen molar-refractivity contribution in [2.75, 3.05) is 31.7 Å². The number of sulfone groups is 1. The van der Waals surface area contributed by atoms with Crippen LogP contribution in [0, 0.1) is 0 Å². The largest absolute Gasteiger partial charge is 0.448 e. The summed E-state index contributed by atoms with van der Waals surface area (Å²) in [5.74, 6) is -0.187. The van der Waals surface area contributed by atoms with Crippen LogP contribution in [0.2, 0.25) is 0 Å². The molecular weight excluding hydrogens is 260 g/mol. The average Bonchev–Trinajstić information content (AvgIpc) is 2.28. The molecule has 0 unspecified atom stereocenters. The van der Waals surface area contributed by atoms with Gasteiger partial charge in [0.25, 0.3) is 0 Å². The van der Waals surface area contributed by atoms with E-state index in [1.165, 1.54) is 11.1 Å². The number of hydrogen-bond donors (Lipinski definition) is 1. The molecule has 1 aliphatic heterocycles. The second-order valence-corrected chi connectivity index (χ2v) is 6.24. The predicted octanol–water partition coefficient (Wildman–Crippen LogP) is 0.260. The van der Waals surface area contributed by atoms with Gasteiger partial charge in [0.1, 0.15) is 6.61 Å². The van der Waals surface area contributed by atoms with Crippen molar-refractivity contribution < 1.29 is 23.2 Å². The highest BCUT2D eigenvalue weighted by atomic mass is 32.2. The molecule has 1 aliphatic rings. The Morgan fingerprint density at radius 1 is 1.67 bits per heavy atom. The normalized spacial score (nSPS) is 16.7. The Balaban J connectivity index is 2.41. The first kappa shape index (κ1) is 14.5. The van der Waals surface area contributed by atoms with Crippen LogP contribution >= 0.6 is 0 Å². The molecule has 1 amide bonds. The number of nitrogens with zero attached hydrogens (tertiary/aromatic N) is 2. The van der Waals surface area contributed by atoms with Crippen LogP contribution in [0.3, 0.4) is 0 Å². The van der Waals surface area contributed by atoms with Gasteiger partial charge in [0, 0.05) is 12.8 Å². The van der Waals surface area contributed by atoms with Crippen molar-refractivity contribution in [1.29, 1.82) is 0 Å². The van der Waals surface area contributed by atoms with Gasteiger partial charge in [-0.25, -0.2) is 13.2 Å². The van der Waals surface area contributed by atoms with Gasteiger partial charge in [-0.05, 0) is 12.0 Å². The summed E-state index contributed by atoms with van der Waals surface area (Å²) in [6, 6.07) is 0. The molecule has 0 aromatic heterocycles. The molecule has 7 nitrogen and oxygen atoms in total. The minimum Gasteiger partial charge on any atom is -0.448 e. The Morgan fingerprint density at radius 3 is 3.00 bits per heavy atom. The Bertz CT molecular complexity index is 455. The van der Waals surface area contributed by atoms with Crippen LogP contribution in [-0.2, 0) is 14.6 Å². The number of rotatable bonds is 4. The molecule has 18 heavy (non-hydrogen) atoms. The average molecular weight is 276 g/mol. The first-order chi connectivity index (χ1) is 8.42. The Hall–Kier alpha value is -1.57. The zero-order valence-electron chi connectivity index (χ0n) is 10.1. The molecule has 1 N–H and O–H groups in total. The smallest absolute Gasteiger partial charge is 0.410 e. The molecule has 0 spiro atoms. The van der Waals surface area contributed by atoms with Crippen LogP contribution in [0.15, 0.2) is 16.8 Å². The molecule has 0 aliphatic carbocycles. The van der Waals surface area contributed by atoms with Crippen molar-refractivity contribution >= 4 is 22.1 Å². The lowest BCUT2D eigenvalue weighted by Crippen LogP contribution is -2.37. The van der Waals surface area contributed by atoms with E-state index in [4.69, 9.17) is 9.94 Å². The molecule has 0 saturated carbocycles. The highest BCUT2D eigenvalue weighted by Gasteiger charge is 2.19. The third-order valence-electron chi connectivity index (χ3n) is 2.34. The van der Waals surface area contributed by atoms with E-state index in [-0.39, 0.29) is 12.4 Å². The molecule has 0 fully saturated rings. The number of ether oxygens (including phenoxy) is 1. The summed E-state index contributed by atoms with van der Waals surface area (Å²) in [6.45, 7) is 0.642. The monoisotopic (exact) mass is 276 g/mol. The lowest BCUT2D eigenvalue weighted by atomic mass is 10.1. The molecule has 0 atom stereocenters. The summed E-state index contributed by atoms with van der Waals surface area (Å²) in [6.07, 6.45) is 4.29. The van der Waals surface area contributed by atoms with Gasteiger partial charge in [0.15, 0.2) is 9.84 Å². The second-order valence-electron chi connectivity index (χ2n) is 3.98. The van der Waals surface area contributed by atoms with Crippen molar-refractivity contribution in [1.82, 2.24) is 4.90 Å². The van der Waals surface area contributed by atoms with Crippen LogP contribution in [0.25, 0.3) is 0 Å². The Kier molecular flexibility index (Phi) is 5.14. The van der Waals surface area contributed by atoms with E-state index < -0.39 is 15.9 Å². The first-order valence-corrected chi connectivity index (χ1v) is 7.44. The van der Waals surface area contributed by atoms with Crippen molar-refractivity contribution in [3.8, 4) is 0 Å². The number of carbonyl (C=O) groups excluding carboxylic acids is 1. The minimum absolute atomic E-state index is 0.151. The number of oxime groups is 1. The van der Waals surface area contributed by atoms with Gasteiger partial charge in [-0.3, -0.25) is 0 Å². The highest BCUT2D eigenvalue weighted by Crippen LogP contribution is 2.09. The number of hydrogen-bond acceptors (Lipinski definition) is 6. The van der Waals surface area contributed by atoms with E-state index in [1.54, 1.807) is 0 Å². The maximum atomic E-state index is 11.6.